The predicted molar refractivity (Wildman–Crippen MR) is 73.8 cm³/mol. The maximum Gasteiger partial charge on any atom is 0.451 e. The Morgan fingerprint density at radius 3 is 2.26 bits per heavy atom. The van der Waals surface area contributed by atoms with Gasteiger partial charge in [-0.15, -0.1) is 0 Å². The number of hydrogen-bond acceptors (Lipinski definition) is 5. The summed E-state index contributed by atoms with van der Waals surface area (Å²) in [6.07, 6.45) is -2.21. The molecule has 6 nitrogen and oxygen atoms in total. The van der Waals surface area contributed by atoms with Crippen LogP contribution in [0.25, 0.3) is 0 Å². The van der Waals surface area contributed by atoms with Gasteiger partial charge in [0.05, 0.1) is 12.4 Å². The lowest BCUT2D eigenvalue weighted by atomic mass is 9.89. The molecule has 0 spiro atoms. The van der Waals surface area contributed by atoms with Gasteiger partial charge in [0, 0.05) is 18.9 Å². The van der Waals surface area contributed by atoms with E-state index in [0.717, 1.165) is 12.4 Å². The Morgan fingerprint density at radius 2 is 1.78 bits per heavy atom. The quantitative estimate of drug-likeness (QED) is 0.921. The summed E-state index contributed by atoms with van der Waals surface area (Å²) >= 11 is 0. The van der Waals surface area contributed by atoms with Gasteiger partial charge in [0.25, 0.3) is 0 Å². The average Bonchev–Trinajstić information content (AvgIpc) is 2.33. The summed E-state index contributed by atoms with van der Waals surface area (Å²) in [4.78, 5) is 18.0. The van der Waals surface area contributed by atoms with Crippen LogP contribution in [0, 0.1) is 0 Å². The number of hydrogen-bond donors (Lipinski definition) is 1. The van der Waals surface area contributed by atoms with Gasteiger partial charge < -0.3 is 14.8 Å². The van der Waals surface area contributed by atoms with Gasteiger partial charge in [-0.3, -0.25) is 0 Å². The molecule has 1 aliphatic rings. The Morgan fingerprint density at radius 1 is 1.22 bits per heavy atom. The first-order valence-corrected chi connectivity index (χ1v) is 7.08. The zero-order chi connectivity index (χ0) is 17.3. The Kier molecular flexibility index (Phi) is 4.67. The third-order valence-electron chi connectivity index (χ3n) is 3.00. The van der Waals surface area contributed by atoms with Gasteiger partial charge in [-0.2, -0.15) is 13.2 Å². The van der Waals surface area contributed by atoms with Gasteiger partial charge in [0.2, 0.25) is 5.82 Å². The standard InChI is InChI=1S/C14H18F3N3O3/c1-13(2,3)23-12(21)20-8-4-9(5-8)22-10-6-18-11(19-7-10)14(15,16)17/h6-9H,4-5H2,1-3H3,(H,20,21). The number of amides is 1. The zero-order valence-corrected chi connectivity index (χ0v) is 13.0. The van der Waals surface area contributed by atoms with Crippen molar-refractivity contribution in [1.29, 1.82) is 0 Å². The number of carbonyl (C=O) groups is 1. The van der Waals surface area contributed by atoms with Crippen LogP contribution in [0.5, 0.6) is 5.75 Å². The Bertz CT molecular complexity index is 549. The molecule has 0 aliphatic heterocycles. The Balaban J connectivity index is 1.75. The molecule has 9 heteroatoms. The monoisotopic (exact) mass is 333 g/mol. The van der Waals surface area contributed by atoms with Crippen molar-refractivity contribution in [3.8, 4) is 5.75 Å². The van der Waals surface area contributed by atoms with Crippen LogP contribution in [-0.4, -0.2) is 33.8 Å². The average molecular weight is 333 g/mol. The highest BCUT2D eigenvalue weighted by molar-refractivity contribution is 5.68. The van der Waals surface area contributed by atoms with E-state index < -0.39 is 23.7 Å². The van der Waals surface area contributed by atoms with Crippen LogP contribution in [0.2, 0.25) is 0 Å². The van der Waals surface area contributed by atoms with Crippen molar-refractivity contribution < 1.29 is 27.4 Å². The molecule has 0 atom stereocenters. The number of nitrogens with one attached hydrogen (secondary N) is 1. The molecule has 0 bridgehead atoms. The van der Waals surface area contributed by atoms with Crippen LogP contribution in [0.15, 0.2) is 12.4 Å². The second kappa shape index (κ2) is 6.21. The fraction of sp³-hybridized carbons (Fsp3) is 0.643. The highest BCUT2D eigenvalue weighted by Gasteiger charge is 2.35. The summed E-state index contributed by atoms with van der Waals surface area (Å²) in [6, 6.07) is -0.0785. The van der Waals surface area contributed by atoms with Crippen molar-refractivity contribution in [2.45, 2.75) is 57.5 Å². The van der Waals surface area contributed by atoms with Gasteiger partial charge in [0.15, 0.2) is 5.75 Å². The van der Waals surface area contributed by atoms with Gasteiger partial charge in [-0.25, -0.2) is 14.8 Å². The van der Waals surface area contributed by atoms with E-state index in [-0.39, 0.29) is 17.9 Å². The number of nitrogens with zero attached hydrogens (tertiary/aromatic N) is 2. The van der Waals surface area contributed by atoms with Crippen LogP contribution in [0.1, 0.15) is 39.4 Å². The number of alkyl halides is 3. The normalized spacial score (nSPS) is 21.3. The lowest BCUT2D eigenvalue weighted by Crippen LogP contribution is -2.50. The van der Waals surface area contributed by atoms with Crippen molar-refractivity contribution >= 4 is 6.09 Å². The van der Waals surface area contributed by atoms with E-state index in [2.05, 4.69) is 15.3 Å². The zero-order valence-electron chi connectivity index (χ0n) is 13.0. The molecule has 1 saturated carbocycles. The van der Waals surface area contributed by atoms with Crippen molar-refractivity contribution in [3.05, 3.63) is 18.2 Å². The maximum absolute atomic E-state index is 12.3. The van der Waals surface area contributed by atoms with Gasteiger partial charge in [0.1, 0.15) is 11.7 Å². The van der Waals surface area contributed by atoms with Crippen molar-refractivity contribution in [3.63, 3.8) is 0 Å². The summed E-state index contributed by atoms with van der Waals surface area (Å²) in [7, 11) is 0. The molecule has 128 valence electrons. The smallest absolute Gasteiger partial charge is 0.451 e. The number of aromatic nitrogens is 2. The summed E-state index contributed by atoms with van der Waals surface area (Å²) in [5.41, 5.74) is -0.568. The van der Waals surface area contributed by atoms with Gasteiger partial charge in [-0.1, -0.05) is 0 Å². The number of ether oxygens (including phenoxy) is 2. The van der Waals surface area contributed by atoms with E-state index in [0.29, 0.717) is 12.8 Å². The van der Waals surface area contributed by atoms with Crippen molar-refractivity contribution in [2.75, 3.05) is 0 Å². The van der Waals surface area contributed by atoms with Gasteiger partial charge in [-0.05, 0) is 20.8 Å². The molecule has 1 heterocycles. The van der Waals surface area contributed by atoms with E-state index in [1.165, 1.54) is 0 Å². The molecule has 1 aromatic heterocycles. The first kappa shape index (κ1) is 17.3. The number of alkyl carbamates (subject to hydrolysis) is 1. The Labute approximate surface area is 131 Å². The van der Waals surface area contributed by atoms with Gasteiger partial charge >= 0.3 is 12.3 Å². The molecular formula is C14H18F3N3O3. The highest BCUT2D eigenvalue weighted by Crippen LogP contribution is 2.28. The lowest BCUT2D eigenvalue weighted by molar-refractivity contribution is -0.145. The summed E-state index contributed by atoms with van der Waals surface area (Å²) in [5.74, 6) is -1.04. The summed E-state index contributed by atoms with van der Waals surface area (Å²) in [5, 5.41) is 2.70. The maximum atomic E-state index is 12.3. The largest absolute Gasteiger partial charge is 0.487 e. The fourth-order valence-electron chi connectivity index (χ4n) is 1.97. The molecule has 1 amide bonds. The first-order chi connectivity index (χ1) is 10.5. The molecule has 2 rings (SSSR count). The minimum atomic E-state index is -4.57. The molecule has 0 saturated heterocycles. The second-order valence-electron chi connectivity index (χ2n) is 6.29. The summed E-state index contributed by atoms with van der Waals surface area (Å²) < 4.78 is 47.6. The third kappa shape index (κ3) is 5.26. The van der Waals surface area contributed by atoms with Crippen LogP contribution in [0.4, 0.5) is 18.0 Å². The molecule has 23 heavy (non-hydrogen) atoms. The molecular weight excluding hydrogens is 315 g/mol. The van der Waals surface area contributed by atoms with E-state index >= 15 is 0 Å². The molecule has 1 N–H and O–H groups in total. The van der Waals surface area contributed by atoms with Crippen molar-refractivity contribution in [1.82, 2.24) is 15.3 Å². The number of rotatable bonds is 3. The van der Waals surface area contributed by atoms with Crippen LogP contribution in [0.3, 0.4) is 0 Å². The van der Waals surface area contributed by atoms with E-state index in [9.17, 15) is 18.0 Å². The summed E-state index contributed by atoms with van der Waals surface area (Å²) in [6.45, 7) is 5.30. The Hall–Kier alpha value is -2.06. The van der Waals surface area contributed by atoms with Crippen LogP contribution < -0.4 is 10.1 Å². The SMILES string of the molecule is CC(C)(C)OC(=O)NC1CC(Oc2cnc(C(F)(F)F)nc2)C1. The highest BCUT2D eigenvalue weighted by atomic mass is 19.4. The first-order valence-electron chi connectivity index (χ1n) is 7.08. The minimum Gasteiger partial charge on any atom is -0.487 e. The molecule has 1 fully saturated rings. The number of carbonyl (C=O) groups excluding carboxylic acids is 1. The minimum absolute atomic E-state index is 0.0785. The molecule has 0 aromatic carbocycles. The van der Waals surface area contributed by atoms with E-state index in [4.69, 9.17) is 9.47 Å². The molecule has 0 radical (unpaired) electrons. The van der Waals surface area contributed by atoms with Crippen molar-refractivity contribution in [2.24, 2.45) is 0 Å². The third-order valence-corrected chi connectivity index (χ3v) is 3.00. The lowest BCUT2D eigenvalue weighted by Gasteiger charge is -2.35. The molecule has 1 aliphatic carbocycles. The van der Waals surface area contributed by atoms with Crippen LogP contribution in [-0.2, 0) is 10.9 Å². The molecule has 1 aromatic rings. The second-order valence-corrected chi connectivity index (χ2v) is 6.29. The topological polar surface area (TPSA) is 73.3 Å². The van der Waals surface area contributed by atoms with E-state index in [1.54, 1.807) is 20.8 Å². The fourth-order valence-corrected chi connectivity index (χ4v) is 1.97. The van der Waals surface area contributed by atoms with Crippen LogP contribution >= 0.6 is 0 Å². The number of halogens is 3. The molecule has 0 unspecified atom stereocenters. The predicted octanol–water partition coefficient (Wildman–Crippen LogP) is 2.93. The van der Waals surface area contributed by atoms with E-state index in [1.807, 2.05) is 0 Å².